The van der Waals surface area contributed by atoms with Crippen LogP contribution in [0.1, 0.15) is 41.7 Å². The second-order valence-corrected chi connectivity index (χ2v) is 11.1. The Labute approximate surface area is 212 Å². The summed E-state index contributed by atoms with van der Waals surface area (Å²) in [5, 5.41) is 19.0. The molecule has 1 aromatic carbocycles. The molecule has 4 aliphatic rings. The van der Waals surface area contributed by atoms with Crippen molar-refractivity contribution in [3.8, 4) is 11.8 Å². The number of aromatic nitrogens is 5. The number of hydrogen-bond acceptors (Lipinski definition) is 8. The van der Waals surface area contributed by atoms with Gasteiger partial charge >= 0.3 is 0 Å². The van der Waals surface area contributed by atoms with Crippen LogP contribution in [0.15, 0.2) is 30.5 Å². The van der Waals surface area contributed by atoms with E-state index in [1.54, 1.807) is 12.3 Å². The van der Waals surface area contributed by atoms with Crippen LogP contribution >= 0.6 is 11.6 Å². The van der Waals surface area contributed by atoms with E-state index >= 15 is 0 Å². The smallest absolute Gasteiger partial charge is 0.226 e. The van der Waals surface area contributed by atoms with Crippen molar-refractivity contribution in [1.29, 1.82) is 5.26 Å². The minimum atomic E-state index is -1.32. The van der Waals surface area contributed by atoms with E-state index in [1.807, 2.05) is 18.2 Å². The average molecular weight is 507 g/mol. The van der Waals surface area contributed by atoms with Crippen LogP contribution in [0.4, 0.5) is 10.3 Å². The molecule has 0 atom stereocenters. The second-order valence-electron chi connectivity index (χ2n) is 10.7. The van der Waals surface area contributed by atoms with E-state index in [-0.39, 0.29) is 18.6 Å². The van der Waals surface area contributed by atoms with Gasteiger partial charge in [-0.2, -0.15) is 5.26 Å². The zero-order valence-electron chi connectivity index (χ0n) is 19.6. The molecule has 11 heteroatoms. The van der Waals surface area contributed by atoms with E-state index in [0.29, 0.717) is 42.2 Å². The number of benzene rings is 1. The van der Waals surface area contributed by atoms with Gasteiger partial charge in [0.1, 0.15) is 17.6 Å². The summed E-state index contributed by atoms with van der Waals surface area (Å²) >= 11 is 6.35. The van der Waals surface area contributed by atoms with Crippen molar-refractivity contribution >= 4 is 17.5 Å². The van der Waals surface area contributed by atoms with Gasteiger partial charge in [-0.1, -0.05) is 11.6 Å². The summed E-state index contributed by atoms with van der Waals surface area (Å²) in [6.07, 6.45) is 3.66. The zero-order valence-corrected chi connectivity index (χ0v) is 20.3. The summed E-state index contributed by atoms with van der Waals surface area (Å²) in [5.74, 6) is 2.70. The van der Waals surface area contributed by atoms with Gasteiger partial charge in [0.25, 0.3) is 0 Å². The number of anilines is 1. The number of nitrogens with zero attached hydrogens (tertiary/aromatic N) is 8. The first kappa shape index (κ1) is 22.1. The van der Waals surface area contributed by atoms with Gasteiger partial charge in [0.15, 0.2) is 11.5 Å². The van der Waals surface area contributed by atoms with Crippen LogP contribution in [0.5, 0.6) is 0 Å². The Bertz CT molecular complexity index is 1380. The first-order chi connectivity index (χ1) is 17.4. The summed E-state index contributed by atoms with van der Waals surface area (Å²) < 4.78 is 22.2. The van der Waals surface area contributed by atoms with Gasteiger partial charge in [-0.05, 0) is 42.7 Å². The third-order valence-corrected chi connectivity index (χ3v) is 8.08. The quantitative estimate of drug-likeness (QED) is 0.533. The Morgan fingerprint density at radius 3 is 2.75 bits per heavy atom. The lowest BCUT2D eigenvalue weighted by molar-refractivity contribution is -0.142. The van der Waals surface area contributed by atoms with Gasteiger partial charge in [0, 0.05) is 48.7 Å². The topological polar surface area (TPSA) is 96.0 Å². The lowest BCUT2D eigenvalue weighted by atomic mass is 9.57. The lowest BCUT2D eigenvalue weighted by Crippen LogP contribution is -2.62. The molecular formula is C25H24ClFN8O. The Hall–Kier alpha value is -3.13. The lowest BCUT2D eigenvalue weighted by Gasteiger charge is -2.58. The molecule has 0 radical (unpaired) electrons. The molecule has 2 saturated heterocycles. The molecule has 0 bridgehead atoms. The number of halogens is 2. The standard InChI is InChI=1S/C25H24ClFN8O/c26-18-1-2-20-16(5-18)9-33(13-25(27)14-36-15-25)10-21-31-32-22(35(20)21)17-6-24(7-17)11-34(12-24)23-29-4-3-19(8-28)30-23/h1-5,17H,6-7,9-15H2. The van der Waals surface area contributed by atoms with Gasteiger partial charge in [0.2, 0.25) is 5.95 Å². The van der Waals surface area contributed by atoms with E-state index in [9.17, 15) is 4.39 Å². The van der Waals surface area contributed by atoms with Crippen LogP contribution in [0.2, 0.25) is 5.02 Å². The Kier molecular flexibility index (Phi) is 4.87. The second kappa shape index (κ2) is 7.93. The molecule has 3 aromatic rings. The Morgan fingerprint density at radius 2 is 2.00 bits per heavy atom. The highest BCUT2D eigenvalue weighted by Crippen LogP contribution is 2.56. The molecule has 36 heavy (non-hydrogen) atoms. The van der Waals surface area contributed by atoms with Crippen molar-refractivity contribution in [3.05, 3.63) is 58.4 Å². The molecule has 1 spiro atoms. The molecule has 0 unspecified atom stereocenters. The summed E-state index contributed by atoms with van der Waals surface area (Å²) in [6.45, 7) is 3.42. The van der Waals surface area contributed by atoms with Crippen molar-refractivity contribution < 1.29 is 9.13 Å². The van der Waals surface area contributed by atoms with E-state index < -0.39 is 5.67 Å². The molecule has 3 aliphatic heterocycles. The number of fused-ring (bicyclic) bond motifs is 3. The summed E-state index contributed by atoms with van der Waals surface area (Å²) in [7, 11) is 0. The fraction of sp³-hybridized carbons (Fsp3) is 0.480. The minimum absolute atomic E-state index is 0.136. The molecule has 3 fully saturated rings. The van der Waals surface area contributed by atoms with Gasteiger partial charge in [0.05, 0.1) is 25.4 Å². The number of ether oxygens (including phenoxy) is 1. The van der Waals surface area contributed by atoms with E-state index in [1.165, 1.54) is 0 Å². The van der Waals surface area contributed by atoms with Crippen molar-refractivity contribution in [2.24, 2.45) is 5.41 Å². The molecule has 184 valence electrons. The number of hydrogen-bond donors (Lipinski definition) is 0. The molecular weight excluding hydrogens is 483 g/mol. The summed E-state index contributed by atoms with van der Waals surface area (Å²) in [4.78, 5) is 12.9. The molecule has 0 N–H and O–H groups in total. The highest BCUT2D eigenvalue weighted by molar-refractivity contribution is 6.30. The predicted octanol–water partition coefficient (Wildman–Crippen LogP) is 3.02. The predicted molar refractivity (Wildman–Crippen MR) is 129 cm³/mol. The summed E-state index contributed by atoms with van der Waals surface area (Å²) in [5.41, 5.74) is 1.35. The monoisotopic (exact) mass is 506 g/mol. The van der Waals surface area contributed by atoms with E-state index in [4.69, 9.17) is 21.6 Å². The van der Waals surface area contributed by atoms with Gasteiger partial charge in [-0.3, -0.25) is 9.47 Å². The van der Waals surface area contributed by atoms with Gasteiger partial charge in [-0.25, -0.2) is 14.4 Å². The molecule has 1 saturated carbocycles. The number of alkyl halides is 1. The molecule has 5 heterocycles. The molecule has 9 nitrogen and oxygen atoms in total. The van der Waals surface area contributed by atoms with Gasteiger partial charge in [-0.15, -0.1) is 10.2 Å². The molecule has 0 amide bonds. The highest BCUT2D eigenvalue weighted by atomic mass is 35.5. The maximum Gasteiger partial charge on any atom is 0.226 e. The zero-order chi connectivity index (χ0) is 24.5. The average Bonchev–Trinajstić information content (AvgIpc) is 3.12. The number of rotatable bonds is 4. The molecule has 7 rings (SSSR count). The van der Waals surface area contributed by atoms with Crippen molar-refractivity contribution in [2.75, 3.05) is 37.7 Å². The fourth-order valence-electron chi connectivity index (χ4n) is 6.18. The fourth-order valence-corrected chi connectivity index (χ4v) is 6.37. The van der Waals surface area contributed by atoms with Crippen LogP contribution in [0, 0.1) is 16.7 Å². The van der Waals surface area contributed by atoms with Crippen molar-refractivity contribution in [3.63, 3.8) is 0 Å². The van der Waals surface area contributed by atoms with Gasteiger partial charge < -0.3 is 9.64 Å². The normalized spacial score (nSPS) is 22.0. The molecule has 1 aliphatic carbocycles. The Balaban J connectivity index is 1.12. The highest BCUT2D eigenvalue weighted by Gasteiger charge is 2.55. The van der Waals surface area contributed by atoms with E-state index in [2.05, 4.69) is 40.6 Å². The van der Waals surface area contributed by atoms with Crippen molar-refractivity contribution in [2.45, 2.75) is 37.5 Å². The Morgan fingerprint density at radius 1 is 1.17 bits per heavy atom. The maximum atomic E-state index is 14.9. The maximum absolute atomic E-state index is 14.9. The first-order valence-corrected chi connectivity index (χ1v) is 12.5. The minimum Gasteiger partial charge on any atom is -0.375 e. The third-order valence-electron chi connectivity index (χ3n) is 7.84. The largest absolute Gasteiger partial charge is 0.375 e. The van der Waals surface area contributed by atoms with Crippen molar-refractivity contribution in [1.82, 2.24) is 29.6 Å². The third kappa shape index (κ3) is 3.57. The van der Waals surface area contributed by atoms with Crippen LogP contribution in [0.25, 0.3) is 5.69 Å². The van der Waals surface area contributed by atoms with Crippen LogP contribution < -0.4 is 4.90 Å². The summed E-state index contributed by atoms with van der Waals surface area (Å²) in [6, 6.07) is 9.57. The van der Waals surface area contributed by atoms with Crippen LogP contribution in [-0.2, 0) is 17.8 Å². The SMILES string of the molecule is N#Cc1ccnc(N2CC3(CC(c4nnc5n4-c4ccc(Cl)cc4CN(CC4(F)COC4)C5)C3)C2)n1. The number of nitriles is 1. The van der Waals surface area contributed by atoms with Crippen LogP contribution in [-0.4, -0.2) is 68.1 Å². The van der Waals surface area contributed by atoms with Crippen LogP contribution in [0.3, 0.4) is 0 Å². The molecule has 2 aromatic heterocycles. The first-order valence-electron chi connectivity index (χ1n) is 12.1. The van der Waals surface area contributed by atoms with E-state index in [0.717, 1.165) is 48.8 Å².